The summed E-state index contributed by atoms with van der Waals surface area (Å²) in [5.74, 6) is 0. The summed E-state index contributed by atoms with van der Waals surface area (Å²) in [5, 5.41) is 18.2. The monoisotopic (exact) mass is 527 g/mol. The van der Waals surface area contributed by atoms with Crippen LogP contribution >= 0.6 is 11.3 Å². The molecule has 0 aliphatic carbocycles. The van der Waals surface area contributed by atoms with Gasteiger partial charge in [-0.05, 0) is 67.8 Å². The van der Waals surface area contributed by atoms with Crippen molar-refractivity contribution in [2.24, 2.45) is 10.1 Å². The number of thiazole rings is 1. The van der Waals surface area contributed by atoms with Crippen LogP contribution < -0.4 is 9.70 Å². The molecule has 9 heteroatoms. The Balaban J connectivity index is 1.57. The highest BCUT2D eigenvalue weighted by Crippen LogP contribution is 2.25. The largest absolute Gasteiger partial charge is 0.378 e. The molecule has 0 atom stereocenters. The third-order valence-corrected chi connectivity index (χ3v) is 7.37. The molecule has 0 radical (unpaired) electrons. The predicted octanol–water partition coefficient (Wildman–Crippen LogP) is 6.08. The molecule has 1 aliphatic heterocycles. The van der Waals surface area contributed by atoms with Crippen molar-refractivity contribution < 1.29 is 9.66 Å². The van der Waals surface area contributed by atoms with E-state index in [-0.39, 0.29) is 5.69 Å². The van der Waals surface area contributed by atoms with E-state index in [0.29, 0.717) is 0 Å². The lowest BCUT2D eigenvalue weighted by molar-refractivity contribution is -0.384. The van der Waals surface area contributed by atoms with Gasteiger partial charge in [-0.25, -0.2) is 9.67 Å². The van der Waals surface area contributed by atoms with Crippen molar-refractivity contribution in [3.63, 3.8) is 0 Å². The number of nitro benzene ring substituents is 1. The number of nitro groups is 1. The van der Waals surface area contributed by atoms with Crippen LogP contribution in [0.25, 0.3) is 11.3 Å². The molecule has 1 aromatic heterocycles. The van der Waals surface area contributed by atoms with Crippen LogP contribution in [0.15, 0.2) is 82.2 Å². The standard InChI is InChI=1S/C29H29N5O3S/c1-20-4-5-21(2)27(18-20)30-29-33(28(19-38-29)24-8-12-26(13-9-24)34(35)36)31-22(3)23-6-10-25(11-7-23)32-14-16-37-17-15-32/h4-13,18-19H,14-17H2,1-3H3. The number of benzene rings is 3. The van der Waals surface area contributed by atoms with Crippen LogP contribution in [-0.2, 0) is 4.74 Å². The van der Waals surface area contributed by atoms with Crippen LogP contribution in [0, 0.1) is 24.0 Å². The van der Waals surface area contributed by atoms with E-state index in [1.165, 1.54) is 29.2 Å². The molecule has 0 amide bonds. The van der Waals surface area contributed by atoms with Gasteiger partial charge in [0, 0.05) is 41.9 Å². The normalized spacial score (nSPS) is 14.7. The van der Waals surface area contributed by atoms with E-state index >= 15 is 0 Å². The summed E-state index contributed by atoms with van der Waals surface area (Å²) < 4.78 is 7.30. The highest BCUT2D eigenvalue weighted by Gasteiger charge is 2.14. The lowest BCUT2D eigenvalue weighted by Crippen LogP contribution is -2.36. The Hall–Kier alpha value is -4.08. The highest BCUT2D eigenvalue weighted by molar-refractivity contribution is 7.07. The lowest BCUT2D eigenvalue weighted by atomic mass is 10.1. The summed E-state index contributed by atoms with van der Waals surface area (Å²) in [6.07, 6.45) is 0. The molecular weight excluding hydrogens is 498 g/mol. The zero-order chi connectivity index (χ0) is 26.6. The summed E-state index contributed by atoms with van der Waals surface area (Å²) in [6.45, 7) is 9.34. The molecule has 3 aromatic carbocycles. The van der Waals surface area contributed by atoms with Gasteiger partial charge in [0.25, 0.3) is 5.69 Å². The second-order valence-corrected chi connectivity index (χ2v) is 10.1. The van der Waals surface area contributed by atoms with Gasteiger partial charge in [0.05, 0.1) is 35.2 Å². The fourth-order valence-electron chi connectivity index (χ4n) is 4.31. The Morgan fingerprint density at radius 3 is 2.39 bits per heavy atom. The number of aryl methyl sites for hydroxylation is 2. The molecule has 8 nitrogen and oxygen atoms in total. The van der Waals surface area contributed by atoms with Crippen LogP contribution in [0.5, 0.6) is 0 Å². The van der Waals surface area contributed by atoms with Gasteiger partial charge in [-0.2, -0.15) is 5.10 Å². The van der Waals surface area contributed by atoms with Crippen molar-refractivity contribution in [1.29, 1.82) is 0 Å². The number of ether oxygens (including phenoxy) is 1. The molecule has 2 heterocycles. The second-order valence-electron chi connectivity index (χ2n) is 9.25. The zero-order valence-corrected chi connectivity index (χ0v) is 22.4. The Morgan fingerprint density at radius 1 is 1.00 bits per heavy atom. The van der Waals surface area contributed by atoms with Gasteiger partial charge in [-0.1, -0.05) is 24.3 Å². The molecule has 4 aromatic rings. The van der Waals surface area contributed by atoms with Gasteiger partial charge < -0.3 is 9.64 Å². The molecule has 1 fully saturated rings. The van der Waals surface area contributed by atoms with Gasteiger partial charge in [0.1, 0.15) is 0 Å². The highest BCUT2D eigenvalue weighted by atomic mass is 32.1. The maximum Gasteiger partial charge on any atom is 0.269 e. The maximum absolute atomic E-state index is 11.2. The van der Waals surface area contributed by atoms with Crippen LogP contribution in [0.4, 0.5) is 17.1 Å². The topological polar surface area (TPSA) is 85.3 Å². The third-order valence-electron chi connectivity index (χ3n) is 6.55. The number of non-ortho nitro benzene ring substituents is 1. The van der Waals surface area contributed by atoms with Crippen molar-refractivity contribution >= 4 is 34.1 Å². The minimum atomic E-state index is -0.393. The SMILES string of the molecule is CC(=Nn1c(-c2ccc([N+](=O)[O-])cc2)csc1=Nc1cc(C)ccc1C)c1ccc(N2CCOCC2)cc1. The molecule has 0 spiro atoms. The Bertz CT molecular complexity index is 1550. The number of aromatic nitrogens is 1. The predicted molar refractivity (Wildman–Crippen MR) is 153 cm³/mol. The van der Waals surface area contributed by atoms with Crippen LogP contribution in [0.3, 0.4) is 0 Å². The molecule has 0 bridgehead atoms. The van der Waals surface area contributed by atoms with E-state index < -0.39 is 4.92 Å². The van der Waals surface area contributed by atoms with Crippen LogP contribution in [0.2, 0.25) is 0 Å². The molecule has 0 saturated carbocycles. The number of anilines is 1. The lowest BCUT2D eigenvalue weighted by Gasteiger charge is -2.28. The molecule has 5 rings (SSSR count). The first kappa shape index (κ1) is 25.6. The average molecular weight is 528 g/mol. The molecule has 1 aliphatic rings. The van der Waals surface area contributed by atoms with E-state index in [1.54, 1.807) is 12.1 Å². The Kier molecular flexibility index (Phi) is 7.48. The van der Waals surface area contributed by atoms with E-state index in [1.807, 2.05) is 30.8 Å². The van der Waals surface area contributed by atoms with Crippen LogP contribution in [-0.4, -0.2) is 41.6 Å². The van der Waals surface area contributed by atoms with Crippen LogP contribution in [0.1, 0.15) is 23.6 Å². The van der Waals surface area contributed by atoms with E-state index in [0.717, 1.165) is 70.5 Å². The minimum absolute atomic E-state index is 0.0517. The summed E-state index contributed by atoms with van der Waals surface area (Å²) in [7, 11) is 0. The minimum Gasteiger partial charge on any atom is -0.378 e. The first-order valence-electron chi connectivity index (χ1n) is 12.4. The van der Waals surface area contributed by atoms with Gasteiger partial charge in [0.2, 0.25) is 4.80 Å². The second kappa shape index (κ2) is 11.1. The molecule has 0 N–H and O–H groups in total. The number of hydrogen-bond acceptors (Lipinski definition) is 7. The summed E-state index contributed by atoms with van der Waals surface area (Å²) in [5.41, 5.74) is 7.81. The summed E-state index contributed by atoms with van der Waals surface area (Å²) in [4.78, 5) is 18.8. The number of morpholine rings is 1. The quantitative estimate of drug-likeness (QED) is 0.173. The number of nitrogens with zero attached hydrogens (tertiary/aromatic N) is 5. The van der Waals surface area contributed by atoms with Crippen molar-refractivity contribution in [3.8, 4) is 11.3 Å². The molecule has 194 valence electrons. The number of rotatable bonds is 6. The van der Waals surface area contributed by atoms with Crippen molar-refractivity contribution in [2.75, 3.05) is 31.2 Å². The molecule has 0 unspecified atom stereocenters. The van der Waals surface area contributed by atoms with Gasteiger partial charge in [-0.15, -0.1) is 11.3 Å². The first-order chi connectivity index (χ1) is 18.4. The summed E-state index contributed by atoms with van der Waals surface area (Å²) in [6, 6.07) is 21.1. The Morgan fingerprint density at radius 2 is 1.71 bits per heavy atom. The van der Waals surface area contributed by atoms with E-state index in [9.17, 15) is 10.1 Å². The van der Waals surface area contributed by atoms with Gasteiger partial charge >= 0.3 is 0 Å². The average Bonchev–Trinajstić information content (AvgIpc) is 3.33. The van der Waals surface area contributed by atoms with Gasteiger partial charge in [0.15, 0.2) is 0 Å². The Labute approximate surface area is 225 Å². The molecule has 38 heavy (non-hydrogen) atoms. The molecule has 1 saturated heterocycles. The van der Waals surface area contributed by atoms with E-state index in [4.69, 9.17) is 14.8 Å². The van der Waals surface area contributed by atoms with Crippen molar-refractivity contribution in [2.45, 2.75) is 20.8 Å². The summed E-state index contributed by atoms with van der Waals surface area (Å²) >= 11 is 1.49. The van der Waals surface area contributed by atoms with Crippen molar-refractivity contribution in [3.05, 3.63) is 104 Å². The maximum atomic E-state index is 11.2. The first-order valence-corrected chi connectivity index (χ1v) is 13.3. The molecular formula is C29H29N5O3S. The van der Waals surface area contributed by atoms with E-state index in [2.05, 4.69) is 47.4 Å². The van der Waals surface area contributed by atoms with Crippen molar-refractivity contribution in [1.82, 2.24) is 4.68 Å². The van der Waals surface area contributed by atoms with Gasteiger partial charge in [-0.3, -0.25) is 10.1 Å². The fourth-order valence-corrected chi connectivity index (χ4v) is 5.15. The third kappa shape index (κ3) is 5.58. The zero-order valence-electron chi connectivity index (χ0n) is 21.6. The fraction of sp³-hybridized carbons (Fsp3) is 0.241. The number of hydrogen-bond donors (Lipinski definition) is 0. The smallest absolute Gasteiger partial charge is 0.269 e.